The van der Waals surface area contributed by atoms with E-state index in [1.165, 1.54) is 0 Å². The van der Waals surface area contributed by atoms with Crippen LogP contribution in [0.4, 0.5) is 0 Å². The van der Waals surface area contributed by atoms with Gasteiger partial charge in [-0.15, -0.1) is 0 Å². The molecular formula is C17H14INO4. The molecule has 0 aliphatic rings. The van der Waals surface area contributed by atoms with Crippen LogP contribution in [0.25, 0.3) is 10.9 Å². The highest BCUT2D eigenvalue weighted by Gasteiger charge is 2.20. The summed E-state index contributed by atoms with van der Waals surface area (Å²) in [4.78, 5) is 11.2. The zero-order valence-corrected chi connectivity index (χ0v) is 14.2. The van der Waals surface area contributed by atoms with Gasteiger partial charge < -0.3 is 19.9 Å². The first-order valence-electron chi connectivity index (χ1n) is 6.96. The van der Waals surface area contributed by atoms with Gasteiger partial charge in [0.05, 0.1) is 22.2 Å². The van der Waals surface area contributed by atoms with E-state index >= 15 is 0 Å². The number of para-hydroxylation sites is 2. The number of fused-ring (bicyclic) bond motifs is 1. The first-order chi connectivity index (χ1) is 11.0. The standard InChI is InChI=1S/C17H14INO4/c18-17-12(8-15(22)23)11-5-3-7-14(21)16(11)19(17)9-10-4-1-2-6-13(10)20/h1-7,20-21H,8-9H2,(H,22,23). The maximum Gasteiger partial charge on any atom is 0.307 e. The summed E-state index contributed by atoms with van der Waals surface area (Å²) in [6.45, 7) is 0.346. The minimum Gasteiger partial charge on any atom is -0.508 e. The van der Waals surface area contributed by atoms with Crippen molar-refractivity contribution < 1.29 is 20.1 Å². The Bertz CT molecular complexity index is 901. The molecule has 5 nitrogen and oxygen atoms in total. The highest BCUT2D eigenvalue weighted by atomic mass is 127. The van der Waals surface area contributed by atoms with E-state index in [4.69, 9.17) is 5.11 Å². The van der Waals surface area contributed by atoms with E-state index in [1.807, 2.05) is 10.6 Å². The molecule has 0 atom stereocenters. The van der Waals surface area contributed by atoms with Crippen molar-refractivity contribution in [3.63, 3.8) is 0 Å². The van der Waals surface area contributed by atoms with Gasteiger partial charge in [-0.1, -0.05) is 30.3 Å². The smallest absolute Gasteiger partial charge is 0.307 e. The number of carboxylic acid groups (broad SMARTS) is 1. The lowest BCUT2D eigenvalue weighted by Crippen LogP contribution is -2.05. The summed E-state index contributed by atoms with van der Waals surface area (Å²) in [6.07, 6.45) is -0.119. The van der Waals surface area contributed by atoms with Crippen LogP contribution in [-0.2, 0) is 17.8 Å². The average Bonchev–Trinajstić information content (AvgIpc) is 2.76. The van der Waals surface area contributed by atoms with E-state index in [9.17, 15) is 15.0 Å². The van der Waals surface area contributed by atoms with E-state index in [1.54, 1.807) is 36.4 Å². The molecule has 3 rings (SSSR count). The third kappa shape index (κ3) is 2.86. The van der Waals surface area contributed by atoms with Crippen molar-refractivity contribution in [2.45, 2.75) is 13.0 Å². The lowest BCUT2D eigenvalue weighted by Gasteiger charge is -2.10. The molecule has 23 heavy (non-hydrogen) atoms. The number of hydrogen-bond acceptors (Lipinski definition) is 3. The molecule has 0 amide bonds. The van der Waals surface area contributed by atoms with Crippen LogP contribution >= 0.6 is 22.6 Å². The second-order valence-corrected chi connectivity index (χ2v) is 6.25. The topological polar surface area (TPSA) is 82.7 Å². The molecule has 1 aromatic heterocycles. The molecule has 3 N–H and O–H groups in total. The van der Waals surface area contributed by atoms with Gasteiger partial charge in [0.2, 0.25) is 0 Å². The maximum atomic E-state index is 11.2. The van der Waals surface area contributed by atoms with Crippen LogP contribution in [0.5, 0.6) is 11.5 Å². The average molecular weight is 423 g/mol. The van der Waals surface area contributed by atoms with Gasteiger partial charge in [0.25, 0.3) is 0 Å². The summed E-state index contributed by atoms with van der Waals surface area (Å²) in [5, 5.41) is 30.1. The number of phenols is 2. The summed E-state index contributed by atoms with van der Waals surface area (Å²) in [5.41, 5.74) is 1.95. The molecule has 0 unspecified atom stereocenters. The number of rotatable bonds is 4. The minimum absolute atomic E-state index is 0.0903. The molecular weight excluding hydrogens is 409 g/mol. The zero-order valence-electron chi connectivity index (χ0n) is 12.0. The molecule has 0 spiro atoms. The number of phenolic OH excluding ortho intramolecular Hbond substituents is 2. The molecule has 3 aromatic rings. The third-order valence-electron chi connectivity index (χ3n) is 3.74. The SMILES string of the molecule is O=C(O)Cc1c(I)n(Cc2ccccc2O)c2c(O)cccc12. The largest absolute Gasteiger partial charge is 0.508 e. The zero-order chi connectivity index (χ0) is 16.6. The minimum atomic E-state index is -0.923. The van der Waals surface area contributed by atoms with Crippen LogP contribution in [-0.4, -0.2) is 25.9 Å². The fourth-order valence-electron chi connectivity index (χ4n) is 2.71. The van der Waals surface area contributed by atoms with Crippen molar-refractivity contribution in [2.24, 2.45) is 0 Å². The van der Waals surface area contributed by atoms with Crippen molar-refractivity contribution in [3.05, 3.63) is 57.3 Å². The Hall–Kier alpha value is -2.22. The fourth-order valence-corrected chi connectivity index (χ4v) is 3.61. The lowest BCUT2D eigenvalue weighted by atomic mass is 10.1. The van der Waals surface area contributed by atoms with E-state index < -0.39 is 5.97 Å². The second kappa shape index (κ2) is 6.11. The van der Waals surface area contributed by atoms with E-state index in [0.29, 0.717) is 28.6 Å². The molecule has 1 heterocycles. The van der Waals surface area contributed by atoms with E-state index in [-0.39, 0.29) is 17.9 Å². The number of benzene rings is 2. The Kier molecular flexibility index (Phi) is 4.16. The molecule has 118 valence electrons. The monoisotopic (exact) mass is 423 g/mol. The Morgan fingerprint density at radius 1 is 1.04 bits per heavy atom. The van der Waals surface area contributed by atoms with Gasteiger partial charge in [-0.25, -0.2) is 0 Å². The molecule has 0 bridgehead atoms. The first-order valence-corrected chi connectivity index (χ1v) is 8.04. The lowest BCUT2D eigenvalue weighted by molar-refractivity contribution is -0.136. The van der Waals surface area contributed by atoms with Crippen LogP contribution in [0.15, 0.2) is 42.5 Å². The highest BCUT2D eigenvalue weighted by Crippen LogP contribution is 2.35. The Balaban J connectivity index is 2.22. The molecule has 0 aliphatic carbocycles. The van der Waals surface area contributed by atoms with Crippen LogP contribution in [0.2, 0.25) is 0 Å². The number of nitrogens with zero attached hydrogens (tertiary/aromatic N) is 1. The summed E-state index contributed by atoms with van der Waals surface area (Å²) >= 11 is 2.09. The molecule has 0 saturated heterocycles. The third-order valence-corrected chi connectivity index (χ3v) is 4.98. The van der Waals surface area contributed by atoms with Crippen molar-refractivity contribution in [2.75, 3.05) is 0 Å². The van der Waals surface area contributed by atoms with Gasteiger partial charge in [0.15, 0.2) is 0 Å². The predicted octanol–water partition coefficient (Wildman–Crippen LogP) is 3.33. The fraction of sp³-hybridized carbons (Fsp3) is 0.118. The molecule has 6 heteroatoms. The summed E-state index contributed by atoms with van der Waals surface area (Å²) in [7, 11) is 0. The van der Waals surface area contributed by atoms with Crippen LogP contribution < -0.4 is 0 Å². The Morgan fingerprint density at radius 2 is 1.74 bits per heavy atom. The van der Waals surface area contributed by atoms with Crippen molar-refractivity contribution in [3.8, 4) is 11.5 Å². The van der Waals surface area contributed by atoms with Gasteiger partial charge in [0, 0.05) is 16.5 Å². The van der Waals surface area contributed by atoms with Crippen molar-refractivity contribution >= 4 is 39.5 Å². The molecule has 0 saturated carbocycles. The normalized spacial score (nSPS) is 11.0. The van der Waals surface area contributed by atoms with Crippen LogP contribution in [0.1, 0.15) is 11.1 Å². The molecule has 0 fully saturated rings. The predicted molar refractivity (Wildman–Crippen MR) is 94.9 cm³/mol. The first kappa shape index (κ1) is 15.7. The number of hydrogen-bond donors (Lipinski definition) is 3. The number of carbonyl (C=O) groups is 1. The summed E-state index contributed by atoms with van der Waals surface area (Å²) < 4.78 is 2.57. The summed E-state index contributed by atoms with van der Waals surface area (Å²) in [5.74, 6) is -0.666. The Morgan fingerprint density at radius 3 is 2.43 bits per heavy atom. The van der Waals surface area contributed by atoms with Gasteiger partial charge in [-0.2, -0.15) is 0 Å². The number of aromatic nitrogens is 1. The second-order valence-electron chi connectivity index (χ2n) is 5.23. The number of halogens is 1. The van der Waals surface area contributed by atoms with Gasteiger partial charge in [0.1, 0.15) is 11.5 Å². The molecule has 2 aromatic carbocycles. The number of carboxylic acids is 1. The van der Waals surface area contributed by atoms with Gasteiger partial charge >= 0.3 is 5.97 Å². The quantitative estimate of drug-likeness (QED) is 0.563. The number of aromatic hydroxyl groups is 2. The van der Waals surface area contributed by atoms with Gasteiger partial charge in [-0.05, 0) is 34.7 Å². The van der Waals surface area contributed by atoms with Crippen LogP contribution in [0.3, 0.4) is 0 Å². The molecule has 0 aliphatic heterocycles. The molecule has 0 radical (unpaired) electrons. The Labute approximate surface area is 145 Å². The summed E-state index contributed by atoms with van der Waals surface area (Å²) in [6, 6.07) is 12.0. The van der Waals surface area contributed by atoms with Gasteiger partial charge in [-0.3, -0.25) is 4.79 Å². The van der Waals surface area contributed by atoms with Crippen molar-refractivity contribution in [1.29, 1.82) is 0 Å². The highest BCUT2D eigenvalue weighted by molar-refractivity contribution is 14.1. The van der Waals surface area contributed by atoms with E-state index in [2.05, 4.69) is 22.6 Å². The van der Waals surface area contributed by atoms with Crippen LogP contribution in [0, 0.1) is 3.70 Å². The van der Waals surface area contributed by atoms with Crippen molar-refractivity contribution in [1.82, 2.24) is 4.57 Å². The number of aliphatic carboxylic acids is 1. The maximum absolute atomic E-state index is 11.2. The van der Waals surface area contributed by atoms with E-state index in [0.717, 1.165) is 3.70 Å².